The standard InChI is InChI=1S/C26H21N3O5S/c30-24(27-20-9-10-21-22(13-20)34-17-33-21)16-32-25(31)11-8-19-15-29(14-18-5-2-1-3-6-18)28-26(19)23-7-4-12-35-23/h1-13,15H,14,16-17H2,(H,27,30)/b11-8+. The molecule has 176 valence electrons. The van der Waals surface area contributed by atoms with Crippen LogP contribution in [0.1, 0.15) is 11.1 Å². The molecule has 0 aliphatic carbocycles. The number of aromatic nitrogens is 2. The van der Waals surface area contributed by atoms with Crippen molar-refractivity contribution in [3.05, 3.63) is 89.4 Å². The molecule has 0 fully saturated rings. The molecule has 4 aromatic rings. The summed E-state index contributed by atoms with van der Waals surface area (Å²) in [5.41, 5.74) is 3.21. The van der Waals surface area contributed by atoms with Crippen molar-refractivity contribution in [2.24, 2.45) is 0 Å². The number of rotatable bonds is 8. The Morgan fingerprint density at radius 2 is 1.94 bits per heavy atom. The number of benzene rings is 2. The topological polar surface area (TPSA) is 91.7 Å². The highest BCUT2D eigenvalue weighted by molar-refractivity contribution is 7.13. The lowest BCUT2D eigenvalue weighted by Crippen LogP contribution is -2.20. The number of thiophene rings is 1. The van der Waals surface area contributed by atoms with E-state index in [1.54, 1.807) is 35.6 Å². The lowest BCUT2D eigenvalue weighted by atomic mass is 10.2. The van der Waals surface area contributed by atoms with E-state index in [1.807, 2.05) is 58.7 Å². The van der Waals surface area contributed by atoms with Crippen molar-refractivity contribution in [3.8, 4) is 22.1 Å². The van der Waals surface area contributed by atoms with Gasteiger partial charge in [-0.05, 0) is 35.2 Å². The van der Waals surface area contributed by atoms with E-state index in [0.29, 0.717) is 23.7 Å². The number of carbonyl (C=O) groups is 2. The fourth-order valence-corrected chi connectivity index (χ4v) is 4.26. The lowest BCUT2D eigenvalue weighted by Gasteiger charge is -2.06. The van der Waals surface area contributed by atoms with Crippen LogP contribution in [0.25, 0.3) is 16.6 Å². The zero-order chi connectivity index (χ0) is 24.0. The van der Waals surface area contributed by atoms with Crippen molar-refractivity contribution in [2.75, 3.05) is 18.7 Å². The minimum absolute atomic E-state index is 0.149. The van der Waals surface area contributed by atoms with E-state index in [0.717, 1.165) is 21.7 Å². The number of anilines is 1. The molecule has 1 N–H and O–H groups in total. The third-order valence-electron chi connectivity index (χ3n) is 5.13. The van der Waals surface area contributed by atoms with Crippen molar-refractivity contribution in [1.29, 1.82) is 0 Å². The number of ether oxygens (including phenoxy) is 3. The van der Waals surface area contributed by atoms with Gasteiger partial charge in [0.25, 0.3) is 5.91 Å². The van der Waals surface area contributed by atoms with E-state index in [9.17, 15) is 9.59 Å². The highest BCUT2D eigenvalue weighted by atomic mass is 32.1. The quantitative estimate of drug-likeness (QED) is 0.289. The van der Waals surface area contributed by atoms with Gasteiger partial charge in [-0.25, -0.2) is 4.79 Å². The summed E-state index contributed by atoms with van der Waals surface area (Å²) in [5, 5.41) is 9.36. The van der Waals surface area contributed by atoms with E-state index in [4.69, 9.17) is 19.3 Å². The Morgan fingerprint density at radius 3 is 2.77 bits per heavy atom. The van der Waals surface area contributed by atoms with E-state index in [1.165, 1.54) is 6.08 Å². The van der Waals surface area contributed by atoms with Crippen LogP contribution in [0.5, 0.6) is 11.5 Å². The van der Waals surface area contributed by atoms with Gasteiger partial charge in [0, 0.05) is 29.6 Å². The summed E-state index contributed by atoms with van der Waals surface area (Å²) >= 11 is 1.57. The third kappa shape index (κ3) is 5.59. The summed E-state index contributed by atoms with van der Waals surface area (Å²) in [6, 6.07) is 19.0. The summed E-state index contributed by atoms with van der Waals surface area (Å²) < 4.78 is 17.5. The second kappa shape index (κ2) is 10.3. The molecular formula is C26H21N3O5S. The molecule has 0 unspecified atom stereocenters. The highest BCUT2D eigenvalue weighted by Gasteiger charge is 2.15. The normalized spacial score (nSPS) is 12.1. The molecule has 0 spiro atoms. The summed E-state index contributed by atoms with van der Waals surface area (Å²) in [7, 11) is 0. The maximum Gasteiger partial charge on any atom is 0.331 e. The predicted molar refractivity (Wildman–Crippen MR) is 132 cm³/mol. The van der Waals surface area contributed by atoms with Crippen molar-refractivity contribution >= 4 is 35.0 Å². The van der Waals surface area contributed by atoms with Crippen LogP contribution < -0.4 is 14.8 Å². The first-order valence-electron chi connectivity index (χ1n) is 10.8. The van der Waals surface area contributed by atoms with Gasteiger partial charge in [0.2, 0.25) is 6.79 Å². The molecule has 5 rings (SSSR count). The summed E-state index contributed by atoms with van der Waals surface area (Å²) in [4.78, 5) is 25.4. The zero-order valence-corrected chi connectivity index (χ0v) is 19.4. The summed E-state index contributed by atoms with van der Waals surface area (Å²) in [6.45, 7) is 0.343. The molecule has 1 amide bonds. The van der Waals surface area contributed by atoms with Gasteiger partial charge in [0.05, 0.1) is 11.4 Å². The van der Waals surface area contributed by atoms with Crippen LogP contribution in [-0.2, 0) is 20.9 Å². The maximum absolute atomic E-state index is 12.3. The summed E-state index contributed by atoms with van der Waals surface area (Å²) in [5.74, 6) is 0.0880. The Hall–Kier alpha value is -4.37. The molecule has 0 radical (unpaired) electrons. The molecule has 1 aliphatic heterocycles. The van der Waals surface area contributed by atoms with Crippen molar-refractivity contribution in [1.82, 2.24) is 9.78 Å². The van der Waals surface area contributed by atoms with Crippen molar-refractivity contribution < 1.29 is 23.8 Å². The van der Waals surface area contributed by atoms with Gasteiger partial charge >= 0.3 is 5.97 Å². The van der Waals surface area contributed by atoms with Gasteiger partial charge in [-0.3, -0.25) is 9.48 Å². The van der Waals surface area contributed by atoms with Gasteiger partial charge in [-0.1, -0.05) is 36.4 Å². The van der Waals surface area contributed by atoms with Gasteiger partial charge in [-0.2, -0.15) is 5.10 Å². The molecule has 3 heterocycles. The first-order valence-corrected chi connectivity index (χ1v) is 11.7. The number of esters is 1. The Balaban J connectivity index is 1.21. The summed E-state index contributed by atoms with van der Waals surface area (Å²) in [6.07, 6.45) is 4.84. The van der Waals surface area contributed by atoms with Gasteiger partial charge in [0.1, 0.15) is 5.69 Å². The molecule has 0 saturated carbocycles. The SMILES string of the molecule is O=C(COC(=O)/C=C/c1cn(Cc2ccccc2)nc1-c1cccs1)Nc1ccc2c(c1)OCO2. The van der Waals surface area contributed by atoms with E-state index in [2.05, 4.69) is 5.32 Å². The number of amides is 1. The van der Waals surface area contributed by atoms with Gasteiger partial charge in [0.15, 0.2) is 18.1 Å². The molecule has 35 heavy (non-hydrogen) atoms. The second-order valence-electron chi connectivity index (χ2n) is 7.65. The first-order chi connectivity index (χ1) is 17.1. The minimum Gasteiger partial charge on any atom is -0.454 e. The largest absolute Gasteiger partial charge is 0.454 e. The van der Waals surface area contributed by atoms with Crippen LogP contribution in [0.15, 0.2) is 78.3 Å². The van der Waals surface area contributed by atoms with Crippen LogP contribution in [0.2, 0.25) is 0 Å². The molecular weight excluding hydrogens is 466 g/mol. The van der Waals surface area contributed by atoms with Crippen LogP contribution in [0.4, 0.5) is 5.69 Å². The van der Waals surface area contributed by atoms with Gasteiger partial charge < -0.3 is 19.5 Å². The monoisotopic (exact) mass is 487 g/mol. The molecule has 0 atom stereocenters. The zero-order valence-electron chi connectivity index (χ0n) is 18.5. The van der Waals surface area contributed by atoms with Crippen molar-refractivity contribution in [2.45, 2.75) is 6.54 Å². The molecule has 2 aromatic heterocycles. The number of hydrogen-bond donors (Lipinski definition) is 1. The number of hydrogen-bond acceptors (Lipinski definition) is 7. The molecule has 2 aromatic carbocycles. The minimum atomic E-state index is -0.626. The average molecular weight is 488 g/mol. The Bertz CT molecular complexity index is 1360. The van der Waals surface area contributed by atoms with Crippen LogP contribution in [0, 0.1) is 0 Å². The highest BCUT2D eigenvalue weighted by Crippen LogP contribution is 2.34. The van der Waals surface area contributed by atoms with Crippen molar-refractivity contribution in [3.63, 3.8) is 0 Å². The Kier molecular flexibility index (Phi) is 6.58. The molecule has 9 heteroatoms. The molecule has 1 aliphatic rings. The Morgan fingerprint density at radius 1 is 1.09 bits per heavy atom. The number of fused-ring (bicyclic) bond motifs is 1. The van der Waals surface area contributed by atoms with E-state index < -0.39 is 18.5 Å². The number of carbonyl (C=O) groups excluding carboxylic acids is 2. The average Bonchev–Trinajstić information content (AvgIpc) is 3.62. The molecule has 0 saturated heterocycles. The fraction of sp³-hybridized carbons (Fsp3) is 0.115. The van der Waals surface area contributed by atoms with Gasteiger partial charge in [-0.15, -0.1) is 11.3 Å². The Labute approximate surface area is 205 Å². The van der Waals surface area contributed by atoms with Crippen LogP contribution in [-0.4, -0.2) is 35.1 Å². The molecule has 8 nitrogen and oxygen atoms in total. The maximum atomic E-state index is 12.3. The van der Waals surface area contributed by atoms with E-state index >= 15 is 0 Å². The molecule has 0 bridgehead atoms. The van der Waals surface area contributed by atoms with E-state index in [-0.39, 0.29) is 6.79 Å². The van der Waals surface area contributed by atoms with Crippen LogP contribution in [0.3, 0.4) is 0 Å². The third-order valence-corrected chi connectivity index (χ3v) is 6.01. The number of nitrogens with one attached hydrogen (secondary N) is 1. The lowest BCUT2D eigenvalue weighted by molar-refractivity contribution is -0.142. The number of nitrogens with zero attached hydrogens (tertiary/aromatic N) is 2. The predicted octanol–water partition coefficient (Wildman–Crippen LogP) is 4.58. The first kappa shape index (κ1) is 22.4. The second-order valence-corrected chi connectivity index (χ2v) is 8.60. The van der Waals surface area contributed by atoms with Crippen LogP contribution >= 0.6 is 11.3 Å². The smallest absolute Gasteiger partial charge is 0.331 e. The fourth-order valence-electron chi connectivity index (χ4n) is 3.53.